The molecule has 0 bridgehead atoms. The molecule has 9 heteroatoms. The maximum atomic E-state index is 12.5. The quantitative estimate of drug-likeness (QED) is 0.189. The minimum atomic E-state index is -0.612. The van der Waals surface area contributed by atoms with Crippen molar-refractivity contribution in [1.29, 1.82) is 5.26 Å². The van der Waals surface area contributed by atoms with Crippen LogP contribution < -0.4 is 10.9 Å². The molecule has 2 aromatic carbocycles. The second kappa shape index (κ2) is 8.45. The summed E-state index contributed by atoms with van der Waals surface area (Å²) < 4.78 is 5.30. The number of rotatable bonds is 5. The van der Waals surface area contributed by atoms with Crippen LogP contribution in [0.3, 0.4) is 0 Å². The summed E-state index contributed by atoms with van der Waals surface area (Å²) in [5.41, 5.74) is 3.41. The highest BCUT2D eigenvalue weighted by atomic mass is 32.1. The Hall–Kier alpha value is -4.29. The van der Waals surface area contributed by atoms with Gasteiger partial charge in [-0.05, 0) is 43.2 Å². The molecule has 2 aromatic heterocycles. The van der Waals surface area contributed by atoms with Crippen molar-refractivity contribution in [1.82, 2.24) is 4.98 Å². The van der Waals surface area contributed by atoms with E-state index in [9.17, 15) is 20.2 Å². The van der Waals surface area contributed by atoms with E-state index in [1.54, 1.807) is 11.6 Å². The number of nitrogens with one attached hydrogen (secondary N) is 1. The van der Waals surface area contributed by atoms with E-state index in [1.165, 1.54) is 35.6 Å². The number of hydrogen-bond acceptors (Lipinski definition) is 8. The summed E-state index contributed by atoms with van der Waals surface area (Å²) >= 11 is 1.21. The van der Waals surface area contributed by atoms with Crippen LogP contribution in [-0.4, -0.2) is 9.91 Å². The molecular formula is C23H16N4O4S. The first kappa shape index (κ1) is 21.0. The molecule has 0 aliphatic carbocycles. The summed E-state index contributed by atoms with van der Waals surface area (Å²) in [6.45, 7) is 3.99. The van der Waals surface area contributed by atoms with E-state index in [1.807, 2.05) is 32.0 Å². The highest BCUT2D eigenvalue weighted by Gasteiger charge is 2.15. The minimum absolute atomic E-state index is 0.108. The van der Waals surface area contributed by atoms with Gasteiger partial charge in [0.25, 0.3) is 5.69 Å². The Kier molecular flexibility index (Phi) is 5.54. The van der Waals surface area contributed by atoms with Crippen molar-refractivity contribution in [2.75, 3.05) is 5.32 Å². The minimum Gasteiger partial charge on any atom is -0.422 e. The van der Waals surface area contributed by atoms with E-state index < -0.39 is 10.5 Å². The number of non-ortho nitro benzene ring substituents is 1. The van der Waals surface area contributed by atoms with Gasteiger partial charge in [-0.25, -0.2) is 9.78 Å². The number of fused-ring (bicyclic) bond motifs is 1. The van der Waals surface area contributed by atoms with Crippen molar-refractivity contribution < 1.29 is 9.34 Å². The molecule has 4 rings (SSSR count). The topological polar surface area (TPSA) is 122 Å². The maximum Gasteiger partial charge on any atom is 0.345 e. The van der Waals surface area contributed by atoms with Crippen LogP contribution in [0.25, 0.3) is 27.8 Å². The third-order valence-corrected chi connectivity index (χ3v) is 5.91. The fraction of sp³-hybridized carbons (Fsp3) is 0.0870. The van der Waals surface area contributed by atoms with Crippen molar-refractivity contribution in [3.05, 3.63) is 90.7 Å². The van der Waals surface area contributed by atoms with Crippen molar-refractivity contribution in [2.45, 2.75) is 13.8 Å². The Bertz CT molecular complexity index is 1490. The van der Waals surface area contributed by atoms with Crippen LogP contribution in [0.5, 0.6) is 0 Å². The molecule has 1 N–H and O–H groups in total. The van der Waals surface area contributed by atoms with Gasteiger partial charge in [-0.15, -0.1) is 11.3 Å². The predicted octanol–water partition coefficient (Wildman–Crippen LogP) is 5.42. The van der Waals surface area contributed by atoms with Crippen LogP contribution >= 0.6 is 11.3 Å². The number of benzene rings is 2. The molecule has 0 radical (unpaired) electrons. The van der Waals surface area contributed by atoms with Crippen LogP contribution in [0.1, 0.15) is 16.1 Å². The Morgan fingerprint density at radius 1 is 1.28 bits per heavy atom. The van der Waals surface area contributed by atoms with Crippen molar-refractivity contribution in [3.63, 3.8) is 0 Å². The zero-order valence-corrected chi connectivity index (χ0v) is 17.9. The lowest BCUT2D eigenvalue weighted by Gasteiger charge is -2.08. The highest BCUT2D eigenvalue weighted by Crippen LogP contribution is 2.28. The molecule has 4 aromatic rings. The van der Waals surface area contributed by atoms with Crippen LogP contribution in [0.2, 0.25) is 0 Å². The number of allylic oxidation sites excluding steroid dienone is 1. The normalized spacial score (nSPS) is 11.3. The van der Waals surface area contributed by atoms with Crippen molar-refractivity contribution >= 4 is 39.3 Å². The van der Waals surface area contributed by atoms with Gasteiger partial charge in [-0.2, -0.15) is 5.26 Å². The fourth-order valence-corrected chi connectivity index (χ4v) is 3.91. The van der Waals surface area contributed by atoms with Gasteiger partial charge in [0.15, 0.2) is 0 Å². The molecule has 0 spiro atoms. The van der Waals surface area contributed by atoms with Crippen molar-refractivity contribution in [3.8, 4) is 17.3 Å². The number of anilines is 1. The highest BCUT2D eigenvalue weighted by molar-refractivity contribution is 7.11. The molecule has 0 saturated heterocycles. The van der Waals surface area contributed by atoms with Crippen molar-refractivity contribution in [2.24, 2.45) is 0 Å². The summed E-state index contributed by atoms with van der Waals surface area (Å²) in [5.74, 6) is 0. The van der Waals surface area contributed by atoms with E-state index >= 15 is 0 Å². The molecule has 158 valence electrons. The number of nitro benzene ring substituents is 1. The molecule has 0 unspecified atom stereocenters. The van der Waals surface area contributed by atoms with Crippen LogP contribution in [0.15, 0.2) is 63.3 Å². The zero-order chi connectivity index (χ0) is 22.8. The van der Waals surface area contributed by atoms with Crippen LogP contribution in [-0.2, 0) is 0 Å². The second-order valence-corrected chi connectivity index (χ2v) is 7.88. The van der Waals surface area contributed by atoms with Gasteiger partial charge in [0.2, 0.25) is 0 Å². The third kappa shape index (κ3) is 3.99. The second-order valence-electron chi connectivity index (χ2n) is 7.03. The van der Waals surface area contributed by atoms with Crippen LogP contribution in [0, 0.1) is 35.3 Å². The number of nitrogens with zero attached hydrogens (tertiary/aromatic N) is 3. The SMILES string of the molecule is Cc1cccc(NC=C(C#N)c2nc(-c3cc4cc([N+](=O)[O-])ccc4oc3=O)cs2)c1C. The lowest BCUT2D eigenvalue weighted by molar-refractivity contribution is -0.384. The molecule has 0 aliphatic rings. The van der Waals surface area contributed by atoms with E-state index in [0.29, 0.717) is 21.7 Å². The summed E-state index contributed by atoms with van der Waals surface area (Å²) in [6.07, 6.45) is 1.58. The van der Waals surface area contributed by atoms with E-state index in [0.717, 1.165) is 16.8 Å². The summed E-state index contributed by atoms with van der Waals surface area (Å²) in [7, 11) is 0. The number of nitriles is 1. The Morgan fingerprint density at radius 3 is 2.84 bits per heavy atom. The first-order chi connectivity index (χ1) is 15.4. The molecule has 0 saturated carbocycles. The Labute approximate surface area is 186 Å². The molecule has 32 heavy (non-hydrogen) atoms. The van der Waals surface area contributed by atoms with Gasteiger partial charge >= 0.3 is 5.63 Å². The van der Waals surface area contributed by atoms with E-state index in [4.69, 9.17) is 4.42 Å². The lowest BCUT2D eigenvalue weighted by atomic mass is 10.1. The van der Waals surface area contributed by atoms with E-state index in [-0.39, 0.29) is 16.8 Å². The van der Waals surface area contributed by atoms with Gasteiger partial charge in [-0.1, -0.05) is 12.1 Å². The molecule has 2 heterocycles. The van der Waals surface area contributed by atoms with Gasteiger partial charge in [-0.3, -0.25) is 10.1 Å². The summed E-state index contributed by atoms with van der Waals surface area (Å²) in [4.78, 5) is 27.4. The smallest absolute Gasteiger partial charge is 0.345 e. The summed E-state index contributed by atoms with van der Waals surface area (Å²) in [5, 5.41) is 26.3. The van der Waals surface area contributed by atoms with Gasteiger partial charge < -0.3 is 9.73 Å². The average Bonchev–Trinajstić information content (AvgIpc) is 3.26. The molecule has 8 nitrogen and oxygen atoms in total. The first-order valence-electron chi connectivity index (χ1n) is 9.49. The molecular weight excluding hydrogens is 428 g/mol. The number of nitro groups is 1. The fourth-order valence-electron chi connectivity index (χ4n) is 3.12. The monoisotopic (exact) mass is 444 g/mol. The number of hydrogen-bond donors (Lipinski definition) is 1. The van der Waals surface area contributed by atoms with Gasteiger partial charge in [0.1, 0.15) is 22.2 Å². The van der Waals surface area contributed by atoms with Crippen LogP contribution in [0.4, 0.5) is 11.4 Å². The molecule has 0 fully saturated rings. The predicted molar refractivity (Wildman–Crippen MR) is 123 cm³/mol. The molecule has 0 amide bonds. The van der Waals surface area contributed by atoms with E-state index in [2.05, 4.69) is 16.4 Å². The molecule has 0 aliphatic heterocycles. The zero-order valence-electron chi connectivity index (χ0n) is 17.1. The third-order valence-electron chi connectivity index (χ3n) is 5.03. The Morgan fingerprint density at radius 2 is 2.09 bits per heavy atom. The first-order valence-corrected chi connectivity index (χ1v) is 10.4. The van der Waals surface area contributed by atoms with Gasteiger partial charge in [0.05, 0.1) is 16.2 Å². The maximum absolute atomic E-state index is 12.5. The number of thiazole rings is 1. The Balaban J connectivity index is 1.69. The number of aryl methyl sites for hydroxylation is 1. The largest absolute Gasteiger partial charge is 0.422 e. The average molecular weight is 444 g/mol. The lowest BCUT2D eigenvalue weighted by Crippen LogP contribution is -2.03. The number of aromatic nitrogens is 1. The van der Waals surface area contributed by atoms with Gasteiger partial charge in [0, 0.05) is 34.8 Å². The standard InChI is InChI=1S/C23H16N4O4S/c1-13-4-3-5-19(14(13)2)25-11-16(10-24)22-26-20(12-32-22)18-9-15-8-17(27(29)30)6-7-21(15)31-23(18)28/h3-9,11-12,25H,1-2H3. The molecule has 0 atom stereocenters. The summed E-state index contributed by atoms with van der Waals surface area (Å²) in [6, 6.07) is 13.5.